The summed E-state index contributed by atoms with van der Waals surface area (Å²) in [6.45, 7) is 1.46. The van der Waals surface area contributed by atoms with Crippen molar-refractivity contribution in [3.05, 3.63) is 47.8 Å². The van der Waals surface area contributed by atoms with Crippen LogP contribution >= 0.6 is 11.3 Å². The van der Waals surface area contributed by atoms with Gasteiger partial charge in [-0.2, -0.15) is 4.31 Å². The number of amides is 1. The van der Waals surface area contributed by atoms with Gasteiger partial charge < -0.3 is 9.64 Å². The van der Waals surface area contributed by atoms with Crippen LogP contribution in [-0.4, -0.2) is 49.9 Å². The van der Waals surface area contributed by atoms with Gasteiger partial charge in [0.25, 0.3) is 10.0 Å². The maximum Gasteiger partial charge on any atom is 0.415 e. The number of sulfonamides is 1. The zero-order valence-corrected chi connectivity index (χ0v) is 14.6. The van der Waals surface area contributed by atoms with Crippen LogP contribution in [0, 0.1) is 0 Å². The van der Waals surface area contributed by atoms with Crippen molar-refractivity contribution in [2.45, 2.75) is 10.6 Å². The van der Waals surface area contributed by atoms with E-state index in [2.05, 4.69) is 0 Å². The van der Waals surface area contributed by atoms with E-state index in [9.17, 15) is 13.2 Å². The Balaban J connectivity index is 1.64. The summed E-state index contributed by atoms with van der Waals surface area (Å²) in [4.78, 5) is 13.8. The fraction of sp³-hybridized carbons (Fsp3) is 0.312. The molecule has 0 radical (unpaired) electrons. The summed E-state index contributed by atoms with van der Waals surface area (Å²) in [5, 5.41) is 1.74. The molecule has 128 valence electrons. The first-order chi connectivity index (χ1) is 11.6. The van der Waals surface area contributed by atoms with E-state index in [1.807, 2.05) is 6.07 Å². The number of hydrogen-bond donors (Lipinski definition) is 0. The third-order valence-electron chi connectivity index (χ3n) is 3.75. The van der Waals surface area contributed by atoms with Gasteiger partial charge in [-0.1, -0.05) is 24.3 Å². The first-order valence-corrected chi connectivity index (χ1v) is 9.95. The average Bonchev–Trinajstić information content (AvgIpc) is 3.00. The Bertz CT molecular complexity index is 776. The highest BCUT2D eigenvalue weighted by molar-refractivity contribution is 7.91. The summed E-state index contributed by atoms with van der Waals surface area (Å²) in [5.41, 5.74) is 0. The van der Waals surface area contributed by atoms with Gasteiger partial charge in [0.05, 0.1) is 0 Å². The molecule has 1 aliphatic heterocycles. The molecule has 8 heteroatoms. The number of nitrogens with zero attached hydrogens (tertiary/aromatic N) is 2. The number of para-hydroxylation sites is 1. The molecule has 1 saturated heterocycles. The Hall–Kier alpha value is -1.90. The fourth-order valence-corrected chi connectivity index (χ4v) is 5.12. The average molecular weight is 366 g/mol. The molecule has 0 aliphatic carbocycles. The third kappa shape index (κ3) is 3.77. The molecule has 0 bridgehead atoms. The molecule has 6 nitrogen and oxygen atoms in total. The fourth-order valence-electron chi connectivity index (χ4n) is 2.51. The molecule has 2 heterocycles. The minimum atomic E-state index is -3.48. The highest BCUT2D eigenvalue weighted by Gasteiger charge is 2.29. The van der Waals surface area contributed by atoms with Gasteiger partial charge in [-0.3, -0.25) is 0 Å². The van der Waals surface area contributed by atoms with Gasteiger partial charge in [0.2, 0.25) is 0 Å². The van der Waals surface area contributed by atoms with Crippen LogP contribution in [-0.2, 0) is 10.0 Å². The summed E-state index contributed by atoms with van der Waals surface area (Å²) in [5.74, 6) is 0.481. The molecule has 1 aliphatic rings. The smallest absolute Gasteiger partial charge is 0.410 e. The second kappa shape index (κ2) is 7.33. The van der Waals surface area contributed by atoms with Crippen molar-refractivity contribution in [3.63, 3.8) is 0 Å². The largest absolute Gasteiger partial charge is 0.415 e. The maximum absolute atomic E-state index is 12.6. The number of carbonyl (C=O) groups excluding carboxylic acids is 1. The molecule has 1 aromatic heterocycles. The standard InChI is InChI=1S/C16H18N2O4S2/c19-16(22-14-6-2-1-3-7-14)17-9-5-10-18(12-11-17)24(20,21)15-8-4-13-23-15/h1-4,6-8,13H,5,9-12H2. The van der Waals surface area contributed by atoms with Crippen LogP contribution in [0.25, 0.3) is 0 Å². The van der Waals surface area contributed by atoms with Crippen LogP contribution in [0.5, 0.6) is 5.75 Å². The van der Waals surface area contributed by atoms with Crippen molar-refractivity contribution in [1.29, 1.82) is 0 Å². The number of hydrogen-bond acceptors (Lipinski definition) is 5. The van der Waals surface area contributed by atoms with Crippen molar-refractivity contribution < 1.29 is 17.9 Å². The van der Waals surface area contributed by atoms with Gasteiger partial charge in [-0.15, -0.1) is 11.3 Å². The summed E-state index contributed by atoms with van der Waals surface area (Å²) < 4.78 is 32.2. The van der Waals surface area contributed by atoms with Gasteiger partial charge in [0, 0.05) is 26.2 Å². The molecular weight excluding hydrogens is 348 g/mol. The molecule has 2 aromatic rings. The Kier molecular flexibility index (Phi) is 5.17. The summed E-state index contributed by atoms with van der Waals surface area (Å²) in [6.07, 6.45) is 0.130. The zero-order chi connectivity index (χ0) is 17.0. The molecule has 24 heavy (non-hydrogen) atoms. The van der Waals surface area contributed by atoms with E-state index < -0.39 is 16.1 Å². The van der Waals surface area contributed by atoms with Gasteiger partial charge in [-0.05, 0) is 30.0 Å². The van der Waals surface area contributed by atoms with Crippen LogP contribution in [0.15, 0.2) is 52.1 Å². The van der Waals surface area contributed by atoms with E-state index >= 15 is 0 Å². The minimum absolute atomic E-state index is 0.268. The molecule has 1 amide bonds. The predicted octanol–water partition coefficient (Wildman–Crippen LogP) is 2.64. The predicted molar refractivity (Wildman–Crippen MR) is 91.7 cm³/mol. The third-order valence-corrected chi connectivity index (χ3v) is 7.02. The first kappa shape index (κ1) is 16.9. The van der Waals surface area contributed by atoms with E-state index in [1.54, 1.807) is 46.7 Å². The summed E-state index contributed by atoms with van der Waals surface area (Å²) >= 11 is 1.20. The highest BCUT2D eigenvalue weighted by atomic mass is 32.2. The topological polar surface area (TPSA) is 66.9 Å². The molecule has 1 fully saturated rings. The molecule has 0 atom stereocenters. The van der Waals surface area contributed by atoms with Crippen LogP contribution in [0.4, 0.5) is 4.79 Å². The molecule has 0 unspecified atom stereocenters. The second-order valence-corrected chi connectivity index (χ2v) is 8.47. The van der Waals surface area contributed by atoms with Crippen molar-refractivity contribution in [2.75, 3.05) is 26.2 Å². The Labute approximate surface area is 145 Å². The van der Waals surface area contributed by atoms with E-state index in [-0.39, 0.29) is 6.54 Å². The van der Waals surface area contributed by atoms with Crippen molar-refractivity contribution in [1.82, 2.24) is 9.21 Å². The molecular formula is C16H18N2O4S2. The Morgan fingerprint density at radius 1 is 1.00 bits per heavy atom. The molecule has 0 saturated carbocycles. The van der Waals surface area contributed by atoms with Crippen molar-refractivity contribution in [2.24, 2.45) is 0 Å². The van der Waals surface area contributed by atoms with E-state index in [0.29, 0.717) is 36.0 Å². The number of benzene rings is 1. The summed E-state index contributed by atoms with van der Waals surface area (Å²) in [7, 11) is -3.48. The van der Waals surface area contributed by atoms with Crippen LogP contribution in [0.3, 0.4) is 0 Å². The zero-order valence-electron chi connectivity index (χ0n) is 13.0. The lowest BCUT2D eigenvalue weighted by molar-refractivity contribution is 0.154. The Morgan fingerprint density at radius 2 is 1.79 bits per heavy atom. The van der Waals surface area contributed by atoms with Crippen LogP contribution in [0.2, 0.25) is 0 Å². The summed E-state index contributed by atoms with van der Waals surface area (Å²) in [6, 6.07) is 12.2. The van der Waals surface area contributed by atoms with E-state index in [1.165, 1.54) is 15.6 Å². The number of thiophene rings is 1. The normalized spacial score (nSPS) is 16.6. The number of rotatable bonds is 3. The van der Waals surface area contributed by atoms with Crippen LogP contribution in [0.1, 0.15) is 6.42 Å². The highest BCUT2D eigenvalue weighted by Crippen LogP contribution is 2.22. The van der Waals surface area contributed by atoms with Gasteiger partial charge >= 0.3 is 6.09 Å². The van der Waals surface area contributed by atoms with E-state index in [4.69, 9.17) is 4.74 Å². The molecule has 0 N–H and O–H groups in total. The number of carbonyl (C=O) groups is 1. The lowest BCUT2D eigenvalue weighted by atomic mass is 10.3. The Morgan fingerprint density at radius 3 is 2.50 bits per heavy atom. The minimum Gasteiger partial charge on any atom is -0.410 e. The van der Waals surface area contributed by atoms with Crippen molar-refractivity contribution >= 4 is 27.5 Å². The number of ether oxygens (including phenoxy) is 1. The van der Waals surface area contributed by atoms with Gasteiger partial charge in [0.1, 0.15) is 9.96 Å². The molecule has 1 aromatic carbocycles. The first-order valence-electron chi connectivity index (χ1n) is 7.63. The van der Waals surface area contributed by atoms with Crippen molar-refractivity contribution in [3.8, 4) is 5.75 Å². The van der Waals surface area contributed by atoms with Gasteiger partial charge in [-0.25, -0.2) is 13.2 Å². The lowest BCUT2D eigenvalue weighted by Crippen LogP contribution is -2.38. The molecule has 0 spiro atoms. The lowest BCUT2D eigenvalue weighted by Gasteiger charge is -2.21. The molecule has 3 rings (SSSR count). The quantitative estimate of drug-likeness (QED) is 0.838. The van der Waals surface area contributed by atoms with Crippen LogP contribution < -0.4 is 4.74 Å². The van der Waals surface area contributed by atoms with Gasteiger partial charge in [0.15, 0.2) is 0 Å². The second-order valence-electron chi connectivity index (χ2n) is 5.36. The maximum atomic E-state index is 12.6. The van der Waals surface area contributed by atoms with E-state index in [0.717, 1.165) is 0 Å². The monoisotopic (exact) mass is 366 g/mol. The SMILES string of the molecule is O=C(Oc1ccccc1)N1CCCN(S(=O)(=O)c2cccs2)CC1.